The van der Waals surface area contributed by atoms with E-state index in [9.17, 15) is 4.79 Å². The zero-order chi connectivity index (χ0) is 15.5. The lowest BCUT2D eigenvalue weighted by molar-refractivity contribution is 0.101. The van der Waals surface area contributed by atoms with Gasteiger partial charge in [0, 0.05) is 17.8 Å². The zero-order valence-electron chi connectivity index (χ0n) is 12.2. The number of aromatic nitrogens is 4. The Morgan fingerprint density at radius 2 is 1.95 bits per heavy atom. The Hall–Kier alpha value is -2.96. The maximum absolute atomic E-state index is 12.1. The molecule has 0 bridgehead atoms. The van der Waals surface area contributed by atoms with E-state index in [1.807, 2.05) is 44.2 Å². The van der Waals surface area contributed by atoms with Gasteiger partial charge in [-0.3, -0.25) is 14.8 Å². The Kier molecular flexibility index (Phi) is 3.69. The van der Waals surface area contributed by atoms with Gasteiger partial charge in [-0.25, -0.2) is 0 Å². The first-order valence-corrected chi connectivity index (χ1v) is 6.89. The Morgan fingerprint density at radius 1 is 1.18 bits per heavy atom. The zero-order valence-corrected chi connectivity index (χ0v) is 12.2. The summed E-state index contributed by atoms with van der Waals surface area (Å²) < 4.78 is 7.13. The van der Waals surface area contributed by atoms with Crippen LogP contribution in [0.3, 0.4) is 0 Å². The van der Waals surface area contributed by atoms with Crippen molar-refractivity contribution < 1.29 is 9.21 Å². The fourth-order valence-corrected chi connectivity index (χ4v) is 1.88. The average molecular weight is 297 g/mol. The molecule has 3 aromatic rings. The Labute approximate surface area is 127 Å². The highest BCUT2D eigenvalue weighted by molar-refractivity contribution is 6.01. The minimum absolute atomic E-state index is 0.0444. The van der Waals surface area contributed by atoms with Crippen molar-refractivity contribution in [3.8, 4) is 11.5 Å². The Balaban J connectivity index is 1.73. The standard InChI is InChI=1S/C15H15N5O2/c1-10(2)20-9-8-12(19-20)13(21)16-15-18-17-14(22-15)11-6-4-3-5-7-11/h3-10H,1-2H3,(H,16,18,21). The third-order valence-electron chi connectivity index (χ3n) is 3.04. The second kappa shape index (κ2) is 5.80. The second-order valence-electron chi connectivity index (χ2n) is 5.01. The molecule has 3 rings (SSSR count). The van der Waals surface area contributed by atoms with Crippen LogP contribution < -0.4 is 5.32 Å². The van der Waals surface area contributed by atoms with Gasteiger partial charge in [0.2, 0.25) is 5.89 Å². The van der Waals surface area contributed by atoms with Crippen LogP contribution in [0, 0.1) is 0 Å². The first kappa shape index (κ1) is 14.0. The molecule has 7 nitrogen and oxygen atoms in total. The van der Waals surface area contributed by atoms with Crippen LogP contribution in [-0.2, 0) is 0 Å². The van der Waals surface area contributed by atoms with Crippen molar-refractivity contribution in [3.05, 3.63) is 48.3 Å². The molecule has 0 aliphatic heterocycles. The summed E-state index contributed by atoms with van der Waals surface area (Å²) in [5.74, 6) is -0.0359. The van der Waals surface area contributed by atoms with E-state index in [0.29, 0.717) is 11.6 Å². The van der Waals surface area contributed by atoms with E-state index >= 15 is 0 Å². The second-order valence-corrected chi connectivity index (χ2v) is 5.01. The number of amides is 1. The SMILES string of the molecule is CC(C)n1ccc(C(=O)Nc2nnc(-c3ccccc3)o2)n1. The average Bonchev–Trinajstić information content (AvgIpc) is 3.17. The van der Waals surface area contributed by atoms with Gasteiger partial charge in [-0.15, -0.1) is 5.10 Å². The van der Waals surface area contributed by atoms with Crippen LogP contribution in [0.4, 0.5) is 6.01 Å². The molecular weight excluding hydrogens is 282 g/mol. The monoisotopic (exact) mass is 297 g/mol. The number of hydrogen-bond donors (Lipinski definition) is 1. The number of benzene rings is 1. The van der Waals surface area contributed by atoms with Crippen molar-refractivity contribution in [1.29, 1.82) is 0 Å². The highest BCUT2D eigenvalue weighted by atomic mass is 16.4. The van der Waals surface area contributed by atoms with E-state index in [1.54, 1.807) is 16.9 Å². The van der Waals surface area contributed by atoms with E-state index in [4.69, 9.17) is 4.42 Å². The highest BCUT2D eigenvalue weighted by Gasteiger charge is 2.15. The molecule has 0 saturated carbocycles. The van der Waals surface area contributed by atoms with E-state index in [-0.39, 0.29) is 18.0 Å². The van der Waals surface area contributed by atoms with Crippen LogP contribution in [0.2, 0.25) is 0 Å². The van der Waals surface area contributed by atoms with E-state index in [2.05, 4.69) is 20.6 Å². The van der Waals surface area contributed by atoms with Gasteiger partial charge in [0.05, 0.1) is 0 Å². The lowest BCUT2D eigenvalue weighted by atomic mass is 10.2. The van der Waals surface area contributed by atoms with Gasteiger partial charge in [-0.2, -0.15) is 5.10 Å². The van der Waals surface area contributed by atoms with Gasteiger partial charge < -0.3 is 4.42 Å². The fourth-order valence-electron chi connectivity index (χ4n) is 1.88. The lowest BCUT2D eigenvalue weighted by Crippen LogP contribution is -2.14. The molecule has 1 N–H and O–H groups in total. The predicted octanol–water partition coefficient (Wildman–Crippen LogP) is 2.77. The van der Waals surface area contributed by atoms with Gasteiger partial charge in [-0.05, 0) is 32.0 Å². The van der Waals surface area contributed by atoms with Crippen molar-refractivity contribution in [1.82, 2.24) is 20.0 Å². The summed E-state index contributed by atoms with van der Waals surface area (Å²) in [6, 6.07) is 11.2. The quantitative estimate of drug-likeness (QED) is 0.800. The normalized spacial score (nSPS) is 10.9. The molecule has 0 aliphatic rings. The summed E-state index contributed by atoms with van der Waals surface area (Å²) in [6.07, 6.45) is 1.75. The number of hydrogen-bond acceptors (Lipinski definition) is 5. The summed E-state index contributed by atoms with van der Waals surface area (Å²) in [4.78, 5) is 12.1. The molecule has 0 fully saturated rings. The first-order valence-electron chi connectivity index (χ1n) is 6.89. The van der Waals surface area contributed by atoms with Gasteiger partial charge in [-0.1, -0.05) is 23.3 Å². The van der Waals surface area contributed by atoms with Crippen LogP contribution >= 0.6 is 0 Å². The molecule has 0 unspecified atom stereocenters. The first-order chi connectivity index (χ1) is 10.6. The number of rotatable bonds is 4. The van der Waals surface area contributed by atoms with Crippen molar-refractivity contribution in [3.63, 3.8) is 0 Å². The maximum Gasteiger partial charge on any atom is 0.322 e. The lowest BCUT2D eigenvalue weighted by Gasteiger charge is -2.03. The topological polar surface area (TPSA) is 85.8 Å². The molecule has 112 valence electrons. The van der Waals surface area contributed by atoms with Gasteiger partial charge in [0.25, 0.3) is 5.91 Å². The maximum atomic E-state index is 12.1. The number of nitrogens with zero attached hydrogens (tertiary/aromatic N) is 4. The fraction of sp³-hybridized carbons (Fsp3) is 0.200. The molecule has 0 aliphatic carbocycles. The largest absolute Gasteiger partial charge is 0.403 e. The van der Waals surface area contributed by atoms with Crippen LogP contribution in [0.15, 0.2) is 47.0 Å². The highest BCUT2D eigenvalue weighted by Crippen LogP contribution is 2.19. The predicted molar refractivity (Wildman–Crippen MR) is 80.3 cm³/mol. The number of carbonyl (C=O) groups is 1. The smallest absolute Gasteiger partial charge is 0.322 e. The third kappa shape index (κ3) is 2.88. The summed E-state index contributed by atoms with van der Waals surface area (Å²) in [5.41, 5.74) is 1.09. The molecular formula is C15H15N5O2. The number of carbonyl (C=O) groups excluding carboxylic acids is 1. The summed E-state index contributed by atoms with van der Waals surface area (Å²) >= 11 is 0. The molecule has 0 radical (unpaired) electrons. The molecule has 0 saturated heterocycles. The van der Waals surface area contributed by atoms with E-state index in [1.165, 1.54) is 0 Å². The minimum Gasteiger partial charge on any atom is -0.403 e. The molecule has 0 spiro atoms. The van der Waals surface area contributed by atoms with Crippen LogP contribution in [0.25, 0.3) is 11.5 Å². The Bertz CT molecular complexity index is 776. The molecule has 1 aromatic carbocycles. The molecule has 22 heavy (non-hydrogen) atoms. The van der Waals surface area contributed by atoms with Gasteiger partial charge in [0.15, 0.2) is 5.69 Å². The van der Waals surface area contributed by atoms with Crippen LogP contribution in [0.1, 0.15) is 30.4 Å². The molecule has 7 heteroatoms. The van der Waals surface area contributed by atoms with E-state index < -0.39 is 0 Å². The summed E-state index contributed by atoms with van der Waals surface area (Å²) in [5, 5.41) is 14.5. The van der Waals surface area contributed by atoms with Crippen molar-refractivity contribution >= 4 is 11.9 Å². The van der Waals surface area contributed by atoms with Gasteiger partial charge >= 0.3 is 6.01 Å². The molecule has 0 atom stereocenters. The molecule has 2 heterocycles. The van der Waals surface area contributed by atoms with Crippen LogP contribution in [-0.4, -0.2) is 25.9 Å². The summed E-state index contributed by atoms with van der Waals surface area (Å²) in [7, 11) is 0. The van der Waals surface area contributed by atoms with Crippen molar-refractivity contribution in [2.24, 2.45) is 0 Å². The van der Waals surface area contributed by atoms with Crippen LogP contribution in [0.5, 0.6) is 0 Å². The molecule has 2 aromatic heterocycles. The van der Waals surface area contributed by atoms with E-state index in [0.717, 1.165) is 5.56 Å². The van der Waals surface area contributed by atoms with Crippen molar-refractivity contribution in [2.75, 3.05) is 5.32 Å². The Morgan fingerprint density at radius 3 is 2.64 bits per heavy atom. The summed E-state index contributed by atoms with van der Waals surface area (Å²) in [6.45, 7) is 3.97. The molecule has 1 amide bonds. The minimum atomic E-state index is -0.386. The third-order valence-corrected chi connectivity index (χ3v) is 3.04. The number of anilines is 1. The van der Waals surface area contributed by atoms with Gasteiger partial charge in [0.1, 0.15) is 0 Å². The number of nitrogens with one attached hydrogen (secondary N) is 1. The van der Waals surface area contributed by atoms with Crippen molar-refractivity contribution in [2.45, 2.75) is 19.9 Å².